The molecule has 0 spiro atoms. The van der Waals surface area contributed by atoms with E-state index < -0.39 is 11.9 Å². The number of carboxylic acids is 2. The van der Waals surface area contributed by atoms with Crippen molar-refractivity contribution < 1.29 is 19.8 Å². The first-order valence-electron chi connectivity index (χ1n) is 5.65. The van der Waals surface area contributed by atoms with Gasteiger partial charge in [-0.05, 0) is 37.3 Å². The molecule has 1 heterocycles. The van der Waals surface area contributed by atoms with Gasteiger partial charge in [0, 0.05) is 11.4 Å². The molecule has 0 atom stereocenters. The maximum absolute atomic E-state index is 10.9. The first-order valence-corrected chi connectivity index (χ1v) is 5.65. The summed E-state index contributed by atoms with van der Waals surface area (Å²) in [6, 6.07) is 7.32. The zero-order valence-corrected chi connectivity index (χ0v) is 10.5. The minimum absolute atomic E-state index is 0.109. The third kappa shape index (κ3) is 3.08. The van der Waals surface area contributed by atoms with E-state index in [1.807, 2.05) is 0 Å². The van der Waals surface area contributed by atoms with Crippen LogP contribution >= 0.6 is 0 Å². The Kier molecular flexibility index (Phi) is 3.60. The molecule has 7 heteroatoms. The van der Waals surface area contributed by atoms with Crippen molar-refractivity contribution in [1.82, 2.24) is 9.97 Å². The number of aromatic carboxylic acids is 2. The number of rotatable bonds is 4. The Hall–Kier alpha value is -2.96. The zero-order valence-electron chi connectivity index (χ0n) is 10.5. The molecule has 0 aliphatic heterocycles. The van der Waals surface area contributed by atoms with Crippen LogP contribution < -0.4 is 5.32 Å². The van der Waals surface area contributed by atoms with Crippen LogP contribution in [0.25, 0.3) is 0 Å². The van der Waals surface area contributed by atoms with E-state index in [4.69, 9.17) is 10.2 Å². The summed E-state index contributed by atoms with van der Waals surface area (Å²) in [5.74, 6) is -2.01. The maximum atomic E-state index is 10.9. The molecular weight excluding hydrogens is 262 g/mol. The lowest BCUT2D eigenvalue weighted by Crippen LogP contribution is -2.06. The molecular formula is C13H11N3O4. The maximum Gasteiger partial charge on any atom is 0.354 e. The van der Waals surface area contributed by atoms with Crippen LogP contribution in [0.15, 0.2) is 30.3 Å². The number of hydrogen-bond acceptors (Lipinski definition) is 5. The third-order valence-corrected chi connectivity index (χ3v) is 2.46. The Morgan fingerprint density at radius 2 is 1.70 bits per heavy atom. The van der Waals surface area contributed by atoms with Gasteiger partial charge in [-0.1, -0.05) is 0 Å². The van der Waals surface area contributed by atoms with Gasteiger partial charge < -0.3 is 15.5 Å². The third-order valence-electron chi connectivity index (χ3n) is 2.46. The lowest BCUT2D eigenvalue weighted by molar-refractivity contribution is 0.0682. The Balaban J connectivity index is 2.25. The van der Waals surface area contributed by atoms with E-state index in [1.165, 1.54) is 18.2 Å². The standard InChI is InChI=1S/C13H11N3O4/c1-7-6-10(12(19)20)16-13(14-7)15-9-4-2-8(3-5-9)11(17)18/h2-6H,1H3,(H,17,18)(H,19,20)(H,14,15,16). The molecule has 20 heavy (non-hydrogen) atoms. The van der Waals surface area contributed by atoms with Crippen LogP contribution in [0.2, 0.25) is 0 Å². The van der Waals surface area contributed by atoms with Crippen LogP contribution in [0, 0.1) is 6.92 Å². The lowest BCUT2D eigenvalue weighted by atomic mass is 10.2. The molecule has 2 rings (SSSR count). The number of anilines is 2. The van der Waals surface area contributed by atoms with Crippen LogP contribution in [0.1, 0.15) is 26.5 Å². The average molecular weight is 273 g/mol. The van der Waals surface area contributed by atoms with Gasteiger partial charge in [-0.25, -0.2) is 19.6 Å². The van der Waals surface area contributed by atoms with Gasteiger partial charge in [-0.2, -0.15) is 0 Å². The molecule has 2 aromatic rings. The van der Waals surface area contributed by atoms with Crippen molar-refractivity contribution in [3.63, 3.8) is 0 Å². The second kappa shape index (κ2) is 5.35. The Labute approximate surface area is 113 Å². The van der Waals surface area contributed by atoms with Gasteiger partial charge in [0.2, 0.25) is 5.95 Å². The van der Waals surface area contributed by atoms with Crippen molar-refractivity contribution in [1.29, 1.82) is 0 Å². The number of aromatic nitrogens is 2. The first-order chi connectivity index (χ1) is 9.45. The zero-order chi connectivity index (χ0) is 14.7. The first kappa shape index (κ1) is 13.5. The summed E-state index contributed by atoms with van der Waals surface area (Å²) in [5.41, 5.74) is 1.13. The van der Waals surface area contributed by atoms with Crippen molar-refractivity contribution in [2.45, 2.75) is 6.92 Å². The SMILES string of the molecule is Cc1cc(C(=O)O)nc(Nc2ccc(C(=O)O)cc2)n1. The van der Waals surface area contributed by atoms with E-state index in [9.17, 15) is 9.59 Å². The quantitative estimate of drug-likeness (QED) is 0.780. The van der Waals surface area contributed by atoms with E-state index in [1.54, 1.807) is 19.1 Å². The molecule has 0 unspecified atom stereocenters. The van der Waals surface area contributed by atoms with Crippen LogP contribution in [-0.2, 0) is 0 Å². The van der Waals surface area contributed by atoms with Crippen molar-refractivity contribution in [3.05, 3.63) is 47.3 Å². The van der Waals surface area contributed by atoms with Gasteiger partial charge in [0.15, 0.2) is 5.69 Å². The van der Waals surface area contributed by atoms with Gasteiger partial charge in [0.05, 0.1) is 5.56 Å². The minimum Gasteiger partial charge on any atom is -0.478 e. The summed E-state index contributed by atoms with van der Waals surface area (Å²) >= 11 is 0. The number of hydrogen-bond donors (Lipinski definition) is 3. The number of nitrogens with one attached hydrogen (secondary N) is 1. The number of carboxylic acid groups (broad SMARTS) is 2. The highest BCUT2D eigenvalue weighted by Crippen LogP contribution is 2.15. The summed E-state index contributed by atoms with van der Waals surface area (Å²) in [6.07, 6.45) is 0. The molecule has 0 aliphatic rings. The largest absolute Gasteiger partial charge is 0.478 e. The minimum atomic E-state index is -1.14. The second-order valence-corrected chi connectivity index (χ2v) is 4.03. The molecule has 102 valence electrons. The molecule has 0 aliphatic carbocycles. The average Bonchev–Trinajstić information content (AvgIpc) is 2.38. The normalized spacial score (nSPS) is 10.1. The van der Waals surface area contributed by atoms with Crippen molar-refractivity contribution >= 4 is 23.6 Å². The summed E-state index contributed by atoms with van der Waals surface area (Å²) in [4.78, 5) is 29.5. The highest BCUT2D eigenvalue weighted by molar-refractivity contribution is 5.88. The molecule has 0 saturated carbocycles. The fourth-order valence-electron chi connectivity index (χ4n) is 1.56. The van der Waals surface area contributed by atoms with E-state index in [0.717, 1.165) is 0 Å². The Morgan fingerprint density at radius 1 is 1.05 bits per heavy atom. The molecule has 1 aromatic heterocycles. The van der Waals surface area contributed by atoms with Crippen molar-refractivity contribution in [2.24, 2.45) is 0 Å². The monoisotopic (exact) mass is 273 g/mol. The molecule has 0 radical (unpaired) electrons. The fourth-order valence-corrected chi connectivity index (χ4v) is 1.56. The van der Waals surface area contributed by atoms with Gasteiger partial charge >= 0.3 is 11.9 Å². The molecule has 0 saturated heterocycles. The molecule has 0 fully saturated rings. The number of aryl methyl sites for hydroxylation is 1. The van der Waals surface area contributed by atoms with Crippen LogP contribution in [0.4, 0.5) is 11.6 Å². The summed E-state index contributed by atoms with van der Waals surface area (Å²) in [5, 5.41) is 20.5. The number of benzene rings is 1. The predicted octanol–water partition coefficient (Wildman–Crippen LogP) is 1.93. The predicted molar refractivity (Wildman–Crippen MR) is 70.4 cm³/mol. The summed E-state index contributed by atoms with van der Waals surface area (Å²) in [6.45, 7) is 1.66. The molecule has 0 bridgehead atoms. The number of nitrogens with zero attached hydrogens (tertiary/aromatic N) is 2. The van der Waals surface area contributed by atoms with Gasteiger partial charge in [0.1, 0.15) is 0 Å². The van der Waals surface area contributed by atoms with E-state index in [-0.39, 0.29) is 17.2 Å². The van der Waals surface area contributed by atoms with Crippen molar-refractivity contribution in [2.75, 3.05) is 5.32 Å². The topological polar surface area (TPSA) is 112 Å². The Bertz CT molecular complexity index is 668. The summed E-state index contributed by atoms with van der Waals surface area (Å²) in [7, 11) is 0. The van der Waals surface area contributed by atoms with Crippen LogP contribution in [0.3, 0.4) is 0 Å². The summed E-state index contributed by atoms with van der Waals surface area (Å²) < 4.78 is 0. The van der Waals surface area contributed by atoms with Crippen LogP contribution in [0.5, 0.6) is 0 Å². The van der Waals surface area contributed by atoms with Crippen LogP contribution in [-0.4, -0.2) is 32.1 Å². The highest BCUT2D eigenvalue weighted by atomic mass is 16.4. The van der Waals surface area contributed by atoms with E-state index >= 15 is 0 Å². The smallest absolute Gasteiger partial charge is 0.354 e. The highest BCUT2D eigenvalue weighted by Gasteiger charge is 2.09. The van der Waals surface area contributed by atoms with Crippen molar-refractivity contribution in [3.8, 4) is 0 Å². The lowest BCUT2D eigenvalue weighted by Gasteiger charge is -2.06. The van der Waals surface area contributed by atoms with E-state index in [2.05, 4.69) is 15.3 Å². The molecule has 7 nitrogen and oxygen atoms in total. The number of carbonyl (C=O) groups is 2. The molecule has 1 aromatic carbocycles. The molecule has 3 N–H and O–H groups in total. The molecule has 0 amide bonds. The van der Waals surface area contributed by atoms with E-state index in [0.29, 0.717) is 11.4 Å². The Morgan fingerprint density at radius 3 is 2.25 bits per heavy atom. The van der Waals surface area contributed by atoms with Gasteiger partial charge in [-0.15, -0.1) is 0 Å². The van der Waals surface area contributed by atoms with Gasteiger partial charge in [0.25, 0.3) is 0 Å². The second-order valence-electron chi connectivity index (χ2n) is 4.03. The van der Waals surface area contributed by atoms with Gasteiger partial charge in [-0.3, -0.25) is 0 Å². The fraction of sp³-hybridized carbons (Fsp3) is 0.0769.